The topological polar surface area (TPSA) is 36.4 Å². The fourth-order valence-electron chi connectivity index (χ4n) is 2.96. The van der Waals surface area contributed by atoms with Crippen LogP contribution in [-0.4, -0.2) is 36.4 Å². The van der Waals surface area contributed by atoms with E-state index in [4.69, 9.17) is 0 Å². The van der Waals surface area contributed by atoms with Crippen molar-refractivity contribution in [2.45, 2.75) is 25.8 Å². The summed E-state index contributed by atoms with van der Waals surface area (Å²) in [6, 6.07) is 6.30. The van der Waals surface area contributed by atoms with E-state index < -0.39 is 0 Å². The minimum Gasteiger partial charge on any atom is -0.363 e. The Morgan fingerprint density at radius 2 is 2.23 bits per heavy atom. The number of aromatic nitrogens is 1. The highest BCUT2D eigenvalue weighted by atomic mass is 32.1. The van der Waals surface area contributed by atoms with Gasteiger partial charge in [-0.2, -0.15) is 0 Å². The van der Waals surface area contributed by atoms with E-state index in [1.165, 1.54) is 16.9 Å². The molecule has 3 rings (SSSR count). The molecule has 22 heavy (non-hydrogen) atoms. The molecule has 2 aromatic rings. The molecule has 0 N–H and O–H groups in total. The maximum absolute atomic E-state index is 12.8. The van der Waals surface area contributed by atoms with Crippen molar-refractivity contribution in [3.05, 3.63) is 45.8 Å². The summed E-state index contributed by atoms with van der Waals surface area (Å²) in [5, 5.41) is 1.99. The zero-order valence-electron chi connectivity index (χ0n) is 13.2. The number of rotatable bonds is 3. The van der Waals surface area contributed by atoms with Crippen LogP contribution in [0.4, 0.5) is 5.82 Å². The second kappa shape index (κ2) is 6.08. The van der Waals surface area contributed by atoms with Crippen LogP contribution in [0.1, 0.15) is 39.7 Å². The molecule has 1 saturated heterocycles. The molecule has 0 aromatic carbocycles. The van der Waals surface area contributed by atoms with Crippen molar-refractivity contribution in [3.8, 4) is 0 Å². The number of aryl methyl sites for hydroxylation is 1. The third-order valence-corrected chi connectivity index (χ3v) is 5.19. The van der Waals surface area contributed by atoms with Crippen molar-refractivity contribution < 1.29 is 4.79 Å². The molecule has 2 aromatic heterocycles. The van der Waals surface area contributed by atoms with E-state index in [-0.39, 0.29) is 11.9 Å². The van der Waals surface area contributed by atoms with Crippen LogP contribution in [0.3, 0.4) is 0 Å². The summed E-state index contributed by atoms with van der Waals surface area (Å²) in [6.07, 6.45) is 3.91. The summed E-state index contributed by atoms with van der Waals surface area (Å²) in [7, 11) is 3.97. The van der Waals surface area contributed by atoms with Gasteiger partial charge in [0.25, 0.3) is 5.91 Å². The van der Waals surface area contributed by atoms with Gasteiger partial charge in [0, 0.05) is 26.8 Å². The molecule has 1 amide bonds. The van der Waals surface area contributed by atoms with Crippen LogP contribution in [0.15, 0.2) is 29.8 Å². The van der Waals surface area contributed by atoms with Gasteiger partial charge in [-0.25, -0.2) is 4.98 Å². The number of pyridine rings is 1. The largest absolute Gasteiger partial charge is 0.363 e. The maximum atomic E-state index is 12.8. The van der Waals surface area contributed by atoms with Gasteiger partial charge < -0.3 is 9.80 Å². The summed E-state index contributed by atoms with van der Waals surface area (Å²) >= 11 is 1.54. The minimum atomic E-state index is 0.163. The summed E-state index contributed by atoms with van der Waals surface area (Å²) < 4.78 is 0. The predicted molar refractivity (Wildman–Crippen MR) is 90.6 cm³/mol. The standard InChI is InChI=1S/C17H21N3OS/c1-12-7-10-22-16(12)17(21)20-9-4-5-14(20)13-6-8-18-15(11-13)19(2)3/h6-8,10-11,14H,4-5,9H2,1-3H3. The van der Waals surface area contributed by atoms with Gasteiger partial charge in [-0.3, -0.25) is 4.79 Å². The van der Waals surface area contributed by atoms with Crippen LogP contribution < -0.4 is 4.90 Å². The minimum absolute atomic E-state index is 0.163. The van der Waals surface area contributed by atoms with Crippen LogP contribution in [0, 0.1) is 6.92 Å². The van der Waals surface area contributed by atoms with Crippen molar-refractivity contribution >= 4 is 23.1 Å². The molecule has 1 fully saturated rings. The molecule has 0 bridgehead atoms. The monoisotopic (exact) mass is 315 g/mol. The number of anilines is 1. The summed E-state index contributed by atoms with van der Waals surface area (Å²) in [4.78, 5) is 22.1. The van der Waals surface area contributed by atoms with E-state index >= 15 is 0 Å². The Balaban J connectivity index is 1.89. The number of nitrogens with zero attached hydrogens (tertiary/aromatic N) is 3. The second-order valence-electron chi connectivity index (χ2n) is 5.93. The fraction of sp³-hybridized carbons (Fsp3) is 0.412. The van der Waals surface area contributed by atoms with Crippen molar-refractivity contribution in [2.24, 2.45) is 0 Å². The molecular formula is C17H21N3OS. The summed E-state index contributed by atoms with van der Waals surface area (Å²) in [5.74, 6) is 1.10. The molecule has 3 heterocycles. The Kier molecular flexibility index (Phi) is 4.16. The number of carbonyl (C=O) groups excluding carboxylic acids is 1. The lowest BCUT2D eigenvalue weighted by Crippen LogP contribution is -2.30. The quantitative estimate of drug-likeness (QED) is 0.870. The van der Waals surface area contributed by atoms with Gasteiger partial charge in [0.05, 0.1) is 10.9 Å². The Morgan fingerprint density at radius 3 is 2.91 bits per heavy atom. The average Bonchev–Trinajstić information content (AvgIpc) is 3.15. The molecule has 0 radical (unpaired) electrons. The Labute approximate surface area is 135 Å². The summed E-state index contributed by atoms with van der Waals surface area (Å²) in [6.45, 7) is 2.84. The van der Waals surface area contributed by atoms with E-state index in [1.807, 2.05) is 54.5 Å². The summed E-state index contributed by atoms with van der Waals surface area (Å²) in [5.41, 5.74) is 2.25. The van der Waals surface area contributed by atoms with Gasteiger partial charge in [-0.05, 0) is 54.5 Å². The number of hydrogen-bond acceptors (Lipinski definition) is 4. The molecule has 116 valence electrons. The van der Waals surface area contributed by atoms with Crippen LogP contribution in [0.25, 0.3) is 0 Å². The van der Waals surface area contributed by atoms with Crippen LogP contribution in [0.5, 0.6) is 0 Å². The molecule has 1 aliphatic heterocycles. The van der Waals surface area contributed by atoms with Crippen molar-refractivity contribution in [1.82, 2.24) is 9.88 Å². The van der Waals surface area contributed by atoms with Gasteiger partial charge in [-0.15, -0.1) is 11.3 Å². The van der Waals surface area contributed by atoms with Gasteiger partial charge in [0.15, 0.2) is 0 Å². The lowest BCUT2D eigenvalue weighted by Gasteiger charge is -2.25. The highest BCUT2D eigenvalue weighted by Crippen LogP contribution is 2.35. The van der Waals surface area contributed by atoms with Gasteiger partial charge >= 0.3 is 0 Å². The number of carbonyl (C=O) groups is 1. The number of likely N-dealkylation sites (tertiary alicyclic amines) is 1. The lowest BCUT2D eigenvalue weighted by molar-refractivity contribution is 0.0740. The van der Waals surface area contributed by atoms with Crippen LogP contribution >= 0.6 is 11.3 Å². The first-order valence-corrected chi connectivity index (χ1v) is 8.44. The van der Waals surface area contributed by atoms with E-state index in [2.05, 4.69) is 11.1 Å². The second-order valence-corrected chi connectivity index (χ2v) is 6.85. The lowest BCUT2D eigenvalue weighted by atomic mass is 10.1. The van der Waals surface area contributed by atoms with E-state index in [0.717, 1.165) is 35.6 Å². The zero-order chi connectivity index (χ0) is 15.7. The molecule has 1 atom stereocenters. The zero-order valence-corrected chi connectivity index (χ0v) is 14.1. The van der Waals surface area contributed by atoms with E-state index in [0.29, 0.717) is 0 Å². The first-order chi connectivity index (χ1) is 10.6. The van der Waals surface area contributed by atoms with Gasteiger partial charge in [-0.1, -0.05) is 0 Å². The molecule has 0 spiro atoms. The Bertz CT molecular complexity index is 680. The van der Waals surface area contributed by atoms with Crippen molar-refractivity contribution in [2.75, 3.05) is 25.5 Å². The van der Waals surface area contributed by atoms with Crippen molar-refractivity contribution in [3.63, 3.8) is 0 Å². The number of thiophene rings is 1. The normalized spacial score (nSPS) is 17.8. The van der Waals surface area contributed by atoms with E-state index in [1.54, 1.807) is 0 Å². The van der Waals surface area contributed by atoms with Crippen molar-refractivity contribution in [1.29, 1.82) is 0 Å². The molecular weight excluding hydrogens is 294 g/mol. The predicted octanol–water partition coefficient (Wildman–Crippen LogP) is 3.49. The van der Waals surface area contributed by atoms with E-state index in [9.17, 15) is 4.79 Å². The maximum Gasteiger partial charge on any atom is 0.264 e. The van der Waals surface area contributed by atoms with Crippen LogP contribution in [-0.2, 0) is 0 Å². The average molecular weight is 315 g/mol. The van der Waals surface area contributed by atoms with Crippen LogP contribution in [0.2, 0.25) is 0 Å². The molecule has 0 saturated carbocycles. The highest BCUT2D eigenvalue weighted by Gasteiger charge is 2.31. The molecule has 4 nitrogen and oxygen atoms in total. The highest BCUT2D eigenvalue weighted by molar-refractivity contribution is 7.12. The first-order valence-electron chi connectivity index (χ1n) is 7.56. The van der Waals surface area contributed by atoms with Gasteiger partial charge in [0.2, 0.25) is 0 Å². The fourth-order valence-corrected chi connectivity index (χ4v) is 3.84. The molecule has 0 aliphatic carbocycles. The third kappa shape index (κ3) is 2.73. The SMILES string of the molecule is Cc1ccsc1C(=O)N1CCCC1c1ccnc(N(C)C)c1. The number of amides is 1. The number of hydrogen-bond donors (Lipinski definition) is 0. The molecule has 1 unspecified atom stereocenters. The molecule has 5 heteroatoms. The van der Waals surface area contributed by atoms with Gasteiger partial charge in [0.1, 0.15) is 5.82 Å². The smallest absolute Gasteiger partial charge is 0.264 e. The third-order valence-electron chi connectivity index (χ3n) is 4.18. The molecule has 1 aliphatic rings. The Hall–Kier alpha value is -1.88. The Morgan fingerprint density at radius 1 is 1.41 bits per heavy atom. The first kappa shape index (κ1) is 15.0.